The Morgan fingerprint density at radius 2 is 2.07 bits per heavy atom. The highest BCUT2D eigenvalue weighted by Crippen LogP contribution is 2.20. The molecule has 2 unspecified atom stereocenters. The summed E-state index contributed by atoms with van der Waals surface area (Å²) in [5.74, 6) is -1.23. The first kappa shape index (κ1) is 12.1. The first-order chi connectivity index (χ1) is 7.06. The fraction of sp³-hybridized carbons (Fsp3) is 0.455. The van der Waals surface area contributed by atoms with E-state index >= 15 is 0 Å². The Balaban J connectivity index is 2.86. The van der Waals surface area contributed by atoms with Gasteiger partial charge in [-0.05, 0) is 19.9 Å². The van der Waals surface area contributed by atoms with Gasteiger partial charge in [0.2, 0.25) is 0 Å². The Labute approximate surface area is 88.0 Å². The zero-order valence-electron chi connectivity index (χ0n) is 8.84. The second-order valence-corrected chi connectivity index (χ2v) is 3.35. The van der Waals surface area contributed by atoms with Crippen LogP contribution in [0.4, 0.5) is 8.78 Å². The third kappa shape index (κ3) is 2.97. The number of halogens is 2. The summed E-state index contributed by atoms with van der Waals surface area (Å²) in [6.45, 7) is 4.11. The zero-order chi connectivity index (χ0) is 11.4. The average Bonchev–Trinajstić information content (AvgIpc) is 2.17. The van der Waals surface area contributed by atoms with Gasteiger partial charge in [0.1, 0.15) is 11.6 Å². The summed E-state index contributed by atoms with van der Waals surface area (Å²) in [4.78, 5) is 0. The molecule has 0 aromatic heterocycles. The van der Waals surface area contributed by atoms with Gasteiger partial charge in [-0.25, -0.2) is 8.78 Å². The number of nitrogens with two attached hydrogens (primary N) is 1. The van der Waals surface area contributed by atoms with Crippen LogP contribution >= 0.6 is 0 Å². The van der Waals surface area contributed by atoms with Crippen molar-refractivity contribution in [3.8, 4) is 0 Å². The summed E-state index contributed by atoms with van der Waals surface area (Å²) in [5.41, 5.74) is 6.06. The molecule has 0 saturated carbocycles. The normalized spacial score (nSPS) is 15.0. The molecule has 0 aliphatic rings. The van der Waals surface area contributed by atoms with Gasteiger partial charge in [-0.15, -0.1) is 0 Å². The lowest BCUT2D eigenvalue weighted by atomic mass is 10.0. The molecule has 0 saturated heterocycles. The maximum absolute atomic E-state index is 13.3. The Bertz CT molecular complexity index is 330. The van der Waals surface area contributed by atoms with Crippen LogP contribution in [0.1, 0.15) is 25.5 Å². The van der Waals surface area contributed by atoms with Crippen LogP contribution in [0.25, 0.3) is 0 Å². The van der Waals surface area contributed by atoms with Crippen molar-refractivity contribution in [3.63, 3.8) is 0 Å². The highest BCUT2D eigenvalue weighted by Gasteiger charge is 2.18. The van der Waals surface area contributed by atoms with Gasteiger partial charge in [-0.3, -0.25) is 0 Å². The van der Waals surface area contributed by atoms with Crippen molar-refractivity contribution in [3.05, 3.63) is 35.4 Å². The molecule has 0 heterocycles. The molecule has 0 radical (unpaired) electrons. The lowest BCUT2D eigenvalue weighted by Crippen LogP contribution is -2.27. The maximum atomic E-state index is 13.3. The van der Waals surface area contributed by atoms with E-state index in [0.717, 1.165) is 6.07 Å². The van der Waals surface area contributed by atoms with E-state index in [1.807, 2.05) is 6.92 Å². The second-order valence-electron chi connectivity index (χ2n) is 3.35. The van der Waals surface area contributed by atoms with E-state index in [4.69, 9.17) is 10.5 Å². The Morgan fingerprint density at radius 1 is 1.40 bits per heavy atom. The van der Waals surface area contributed by atoms with Crippen LogP contribution in [0.3, 0.4) is 0 Å². The lowest BCUT2D eigenvalue weighted by Gasteiger charge is -2.20. The molecule has 0 spiro atoms. The van der Waals surface area contributed by atoms with Crippen molar-refractivity contribution in [1.82, 2.24) is 0 Å². The Hall–Kier alpha value is -1.00. The molecule has 1 aromatic rings. The molecule has 0 amide bonds. The van der Waals surface area contributed by atoms with Gasteiger partial charge in [0.15, 0.2) is 0 Å². The highest BCUT2D eigenvalue weighted by molar-refractivity contribution is 5.22. The molecule has 84 valence electrons. The van der Waals surface area contributed by atoms with E-state index in [1.54, 1.807) is 6.92 Å². The van der Waals surface area contributed by atoms with Crippen LogP contribution in [0.2, 0.25) is 0 Å². The van der Waals surface area contributed by atoms with Crippen LogP contribution in [-0.2, 0) is 4.74 Å². The SMILES string of the molecule is CCOC(C)C(N)c1ccc(F)cc1F. The molecular formula is C11H15F2NO. The van der Waals surface area contributed by atoms with Gasteiger partial charge >= 0.3 is 0 Å². The average molecular weight is 215 g/mol. The molecule has 1 rings (SSSR count). The summed E-state index contributed by atoms with van der Waals surface area (Å²) < 4.78 is 31.2. The molecule has 0 fully saturated rings. The van der Waals surface area contributed by atoms with Crippen molar-refractivity contribution in [2.45, 2.75) is 26.0 Å². The first-order valence-corrected chi connectivity index (χ1v) is 4.88. The van der Waals surface area contributed by atoms with Crippen LogP contribution in [0, 0.1) is 11.6 Å². The number of hydrogen-bond acceptors (Lipinski definition) is 2. The van der Waals surface area contributed by atoms with Gasteiger partial charge in [0.25, 0.3) is 0 Å². The fourth-order valence-electron chi connectivity index (χ4n) is 1.39. The minimum Gasteiger partial charge on any atom is -0.377 e. The van der Waals surface area contributed by atoms with Crippen molar-refractivity contribution in [1.29, 1.82) is 0 Å². The van der Waals surface area contributed by atoms with Gasteiger partial charge in [0, 0.05) is 18.2 Å². The van der Waals surface area contributed by atoms with Crippen molar-refractivity contribution >= 4 is 0 Å². The quantitative estimate of drug-likeness (QED) is 0.837. The van der Waals surface area contributed by atoms with Gasteiger partial charge in [0.05, 0.1) is 12.1 Å². The van der Waals surface area contributed by atoms with Gasteiger partial charge < -0.3 is 10.5 Å². The number of benzene rings is 1. The van der Waals surface area contributed by atoms with E-state index in [9.17, 15) is 8.78 Å². The lowest BCUT2D eigenvalue weighted by molar-refractivity contribution is 0.0566. The van der Waals surface area contributed by atoms with Crippen molar-refractivity contribution in [2.24, 2.45) is 5.73 Å². The summed E-state index contributed by atoms with van der Waals surface area (Å²) in [7, 11) is 0. The standard InChI is InChI=1S/C11H15F2NO/c1-3-15-7(2)11(14)9-5-4-8(12)6-10(9)13/h4-7,11H,3,14H2,1-2H3. The number of ether oxygens (including phenoxy) is 1. The van der Waals surface area contributed by atoms with Crippen molar-refractivity contribution in [2.75, 3.05) is 6.61 Å². The largest absolute Gasteiger partial charge is 0.377 e. The molecule has 15 heavy (non-hydrogen) atoms. The third-order valence-corrected chi connectivity index (χ3v) is 2.26. The monoisotopic (exact) mass is 215 g/mol. The van der Waals surface area contributed by atoms with E-state index in [0.29, 0.717) is 6.61 Å². The van der Waals surface area contributed by atoms with Crippen LogP contribution in [0.15, 0.2) is 18.2 Å². The molecule has 2 atom stereocenters. The smallest absolute Gasteiger partial charge is 0.130 e. The predicted molar refractivity (Wildman–Crippen MR) is 54.4 cm³/mol. The van der Waals surface area contributed by atoms with Gasteiger partial charge in [-0.2, -0.15) is 0 Å². The molecule has 0 aliphatic carbocycles. The second kappa shape index (κ2) is 5.19. The fourth-order valence-corrected chi connectivity index (χ4v) is 1.39. The minimum atomic E-state index is -0.631. The Morgan fingerprint density at radius 3 is 2.60 bits per heavy atom. The van der Waals surface area contributed by atoms with E-state index < -0.39 is 17.7 Å². The molecule has 1 aromatic carbocycles. The third-order valence-electron chi connectivity index (χ3n) is 2.26. The van der Waals surface area contributed by atoms with Crippen LogP contribution < -0.4 is 5.73 Å². The first-order valence-electron chi connectivity index (χ1n) is 4.88. The van der Waals surface area contributed by atoms with Crippen LogP contribution in [0.5, 0.6) is 0 Å². The molecule has 4 heteroatoms. The topological polar surface area (TPSA) is 35.2 Å². The van der Waals surface area contributed by atoms with Crippen molar-refractivity contribution < 1.29 is 13.5 Å². The molecular weight excluding hydrogens is 200 g/mol. The van der Waals surface area contributed by atoms with E-state index in [-0.39, 0.29) is 11.7 Å². The predicted octanol–water partition coefficient (Wildman–Crippen LogP) is 2.39. The van der Waals surface area contributed by atoms with E-state index in [2.05, 4.69) is 0 Å². The van der Waals surface area contributed by atoms with Crippen LogP contribution in [-0.4, -0.2) is 12.7 Å². The molecule has 2 nitrogen and oxygen atoms in total. The number of hydrogen-bond donors (Lipinski definition) is 1. The summed E-state index contributed by atoms with van der Waals surface area (Å²) in [6, 6.07) is 2.79. The molecule has 0 bridgehead atoms. The van der Waals surface area contributed by atoms with Gasteiger partial charge in [-0.1, -0.05) is 6.07 Å². The zero-order valence-corrected chi connectivity index (χ0v) is 8.84. The highest BCUT2D eigenvalue weighted by atomic mass is 19.1. The number of rotatable bonds is 4. The summed E-state index contributed by atoms with van der Waals surface area (Å²) in [6.07, 6.45) is -0.296. The minimum absolute atomic E-state index is 0.275. The Kier molecular flexibility index (Phi) is 4.17. The molecule has 2 N–H and O–H groups in total. The van der Waals surface area contributed by atoms with E-state index in [1.165, 1.54) is 12.1 Å². The maximum Gasteiger partial charge on any atom is 0.130 e. The summed E-state index contributed by atoms with van der Waals surface area (Å²) in [5, 5.41) is 0. The molecule has 0 aliphatic heterocycles. The summed E-state index contributed by atoms with van der Waals surface area (Å²) >= 11 is 0.